The van der Waals surface area contributed by atoms with Crippen LogP contribution in [0.1, 0.15) is 18.7 Å². The van der Waals surface area contributed by atoms with Crippen molar-refractivity contribution in [3.63, 3.8) is 0 Å². The molecule has 0 bridgehead atoms. The van der Waals surface area contributed by atoms with Crippen molar-refractivity contribution >= 4 is 40.4 Å². The zero-order valence-corrected chi connectivity index (χ0v) is 17.0. The first-order valence-corrected chi connectivity index (χ1v) is 9.80. The summed E-state index contributed by atoms with van der Waals surface area (Å²) in [6, 6.07) is 16.2. The maximum Gasteiger partial charge on any atom is 0.267 e. The molecule has 1 heterocycles. The van der Waals surface area contributed by atoms with E-state index < -0.39 is 5.60 Å². The van der Waals surface area contributed by atoms with Crippen molar-refractivity contribution in [1.29, 1.82) is 5.41 Å². The maximum absolute atomic E-state index is 12.7. The van der Waals surface area contributed by atoms with Crippen molar-refractivity contribution in [1.82, 2.24) is 0 Å². The Morgan fingerprint density at radius 2 is 1.86 bits per heavy atom. The molecular formula is C21H20ClN3O2S. The number of nitrogens with two attached hydrogens (primary N) is 1. The number of hydrogen-bond donors (Lipinski definition) is 3. The third kappa shape index (κ3) is 4.71. The summed E-state index contributed by atoms with van der Waals surface area (Å²) in [5.74, 6) is 0.337. The highest BCUT2D eigenvalue weighted by Crippen LogP contribution is 2.28. The van der Waals surface area contributed by atoms with E-state index in [9.17, 15) is 4.79 Å². The molecule has 0 aliphatic heterocycles. The van der Waals surface area contributed by atoms with Crippen LogP contribution < -0.4 is 15.8 Å². The van der Waals surface area contributed by atoms with Crippen molar-refractivity contribution in [3.8, 4) is 16.9 Å². The fourth-order valence-electron chi connectivity index (χ4n) is 2.53. The van der Waals surface area contributed by atoms with Gasteiger partial charge in [0.25, 0.3) is 5.91 Å². The van der Waals surface area contributed by atoms with Gasteiger partial charge in [0.1, 0.15) is 11.6 Å². The SMILES string of the molecule is CC(C)(Oc1ccc(Cl)cc1)C(=O)Nc1cccc(-c2csc(C(=N)N)c2)c1. The van der Waals surface area contributed by atoms with E-state index in [0.29, 0.717) is 21.3 Å². The quantitative estimate of drug-likeness (QED) is 0.385. The summed E-state index contributed by atoms with van der Waals surface area (Å²) in [5, 5.41) is 13.0. The molecule has 3 rings (SSSR count). The van der Waals surface area contributed by atoms with Crippen LogP contribution in [0.15, 0.2) is 60.0 Å². The Kier molecular flexibility index (Phi) is 5.72. The number of carbonyl (C=O) groups is 1. The van der Waals surface area contributed by atoms with Gasteiger partial charge in [-0.1, -0.05) is 23.7 Å². The lowest BCUT2D eigenvalue weighted by Crippen LogP contribution is -2.42. The largest absolute Gasteiger partial charge is 0.478 e. The summed E-state index contributed by atoms with van der Waals surface area (Å²) in [6.45, 7) is 3.41. The zero-order valence-electron chi connectivity index (χ0n) is 15.5. The molecule has 5 nitrogen and oxygen atoms in total. The molecule has 0 saturated heterocycles. The lowest BCUT2D eigenvalue weighted by molar-refractivity contribution is -0.128. The van der Waals surface area contributed by atoms with Crippen LogP contribution in [-0.4, -0.2) is 17.3 Å². The van der Waals surface area contributed by atoms with E-state index >= 15 is 0 Å². The van der Waals surface area contributed by atoms with Gasteiger partial charge in [0, 0.05) is 10.7 Å². The second kappa shape index (κ2) is 8.04. The van der Waals surface area contributed by atoms with E-state index in [2.05, 4.69) is 5.32 Å². The molecule has 0 aliphatic carbocycles. The Morgan fingerprint density at radius 3 is 2.50 bits per heavy atom. The Balaban J connectivity index is 1.74. The molecule has 144 valence electrons. The summed E-state index contributed by atoms with van der Waals surface area (Å²) < 4.78 is 5.83. The highest BCUT2D eigenvalue weighted by molar-refractivity contribution is 7.12. The molecule has 0 spiro atoms. The Labute approximate surface area is 172 Å². The fraction of sp³-hybridized carbons (Fsp3) is 0.143. The second-order valence-electron chi connectivity index (χ2n) is 6.71. The van der Waals surface area contributed by atoms with Gasteiger partial charge in [-0.15, -0.1) is 11.3 Å². The number of thiophene rings is 1. The molecule has 0 atom stereocenters. The van der Waals surface area contributed by atoms with Crippen LogP contribution in [0.4, 0.5) is 5.69 Å². The minimum Gasteiger partial charge on any atom is -0.478 e. The van der Waals surface area contributed by atoms with Gasteiger partial charge in [-0.05, 0) is 72.8 Å². The number of hydrogen-bond acceptors (Lipinski definition) is 4. The second-order valence-corrected chi connectivity index (χ2v) is 8.06. The predicted molar refractivity (Wildman–Crippen MR) is 116 cm³/mol. The third-order valence-corrected chi connectivity index (χ3v) is 5.27. The number of amidine groups is 1. The van der Waals surface area contributed by atoms with E-state index in [-0.39, 0.29) is 11.7 Å². The van der Waals surface area contributed by atoms with Gasteiger partial charge < -0.3 is 15.8 Å². The van der Waals surface area contributed by atoms with E-state index in [4.69, 9.17) is 27.5 Å². The topological polar surface area (TPSA) is 88.2 Å². The molecule has 28 heavy (non-hydrogen) atoms. The monoisotopic (exact) mass is 413 g/mol. The minimum absolute atomic E-state index is 0.0433. The number of rotatable bonds is 6. The molecule has 0 unspecified atom stereocenters. The molecule has 1 aromatic heterocycles. The number of nitrogens with one attached hydrogen (secondary N) is 2. The number of amides is 1. The highest BCUT2D eigenvalue weighted by atomic mass is 35.5. The first kappa shape index (κ1) is 19.9. The number of ether oxygens (including phenoxy) is 1. The Hall–Kier alpha value is -2.83. The third-order valence-electron chi connectivity index (χ3n) is 4.05. The fourth-order valence-corrected chi connectivity index (χ4v) is 3.44. The predicted octanol–water partition coefficient (Wildman–Crippen LogP) is 5.15. The summed E-state index contributed by atoms with van der Waals surface area (Å²) in [7, 11) is 0. The normalized spacial score (nSPS) is 11.1. The van der Waals surface area contributed by atoms with Crippen molar-refractivity contribution in [2.75, 3.05) is 5.32 Å². The molecule has 2 aromatic carbocycles. The van der Waals surface area contributed by atoms with Crippen LogP contribution in [0, 0.1) is 5.41 Å². The number of anilines is 1. The van der Waals surface area contributed by atoms with Crippen molar-refractivity contribution < 1.29 is 9.53 Å². The number of nitrogen functional groups attached to an aromatic ring is 1. The lowest BCUT2D eigenvalue weighted by atomic mass is 10.1. The van der Waals surface area contributed by atoms with Gasteiger partial charge in [-0.3, -0.25) is 10.2 Å². The van der Waals surface area contributed by atoms with Crippen LogP contribution in [0.5, 0.6) is 5.75 Å². The van der Waals surface area contributed by atoms with E-state index in [0.717, 1.165) is 11.1 Å². The number of benzene rings is 2. The molecule has 0 saturated carbocycles. The van der Waals surface area contributed by atoms with Gasteiger partial charge in [0.15, 0.2) is 5.60 Å². The van der Waals surface area contributed by atoms with Gasteiger partial charge in [0.05, 0.1) is 4.88 Å². The Morgan fingerprint density at radius 1 is 1.14 bits per heavy atom. The average Bonchev–Trinajstić information content (AvgIpc) is 3.14. The van der Waals surface area contributed by atoms with E-state index in [1.807, 2.05) is 35.7 Å². The summed E-state index contributed by atoms with van der Waals surface area (Å²) in [6.07, 6.45) is 0. The van der Waals surface area contributed by atoms with Gasteiger partial charge >= 0.3 is 0 Å². The zero-order chi connectivity index (χ0) is 20.3. The van der Waals surface area contributed by atoms with Crippen molar-refractivity contribution in [2.24, 2.45) is 5.73 Å². The van der Waals surface area contributed by atoms with Crippen LogP contribution >= 0.6 is 22.9 Å². The van der Waals surface area contributed by atoms with Crippen LogP contribution in [0.25, 0.3) is 11.1 Å². The van der Waals surface area contributed by atoms with Gasteiger partial charge in [-0.2, -0.15) is 0 Å². The smallest absolute Gasteiger partial charge is 0.267 e. The van der Waals surface area contributed by atoms with Gasteiger partial charge in [-0.25, -0.2) is 0 Å². The molecule has 0 fully saturated rings. The van der Waals surface area contributed by atoms with Crippen molar-refractivity contribution in [2.45, 2.75) is 19.4 Å². The molecule has 3 aromatic rings. The lowest BCUT2D eigenvalue weighted by Gasteiger charge is -2.25. The van der Waals surface area contributed by atoms with Crippen molar-refractivity contribution in [3.05, 3.63) is 69.9 Å². The van der Waals surface area contributed by atoms with Crippen LogP contribution in [-0.2, 0) is 4.79 Å². The minimum atomic E-state index is -1.08. The number of carbonyl (C=O) groups excluding carboxylic acids is 1. The summed E-state index contributed by atoms with van der Waals surface area (Å²) in [5.41, 5.74) is 6.99. The maximum atomic E-state index is 12.7. The first-order chi connectivity index (χ1) is 13.2. The molecule has 7 heteroatoms. The summed E-state index contributed by atoms with van der Waals surface area (Å²) in [4.78, 5) is 13.5. The molecule has 4 N–H and O–H groups in total. The first-order valence-electron chi connectivity index (χ1n) is 8.54. The number of halogens is 1. The molecule has 0 aliphatic rings. The molecule has 0 radical (unpaired) electrons. The Bertz CT molecular complexity index is 1010. The standard InChI is InChI=1S/C21H20ClN3O2S/c1-21(2,27-17-8-6-15(22)7-9-17)20(26)25-16-5-3-4-13(10-16)14-11-18(19(23)24)28-12-14/h3-12H,1-2H3,(H3,23,24)(H,25,26). The van der Waals surface area contributed by atoms with Crippen LogP contribution in [0.3, 0.4) is 0 Å². The van der Waals surface area contributed by atoms with E-state index in [1.54, 1.807) is 38.1 Å². The molecular weight excluding hydrogens is 394 g/mol. The van der Waals surface area contributed by atoms with Crippen LogP contribution in [0.2, 0.25) is 5.02 Å². The summed E-state index contributed by atoms with van der Waals surface area (Å²) >= 11 is 7.30. The highest BCUT2D eigenvalue weighted by Gasteiger charge is 2.30. The molecule has 1 amide bonds. The average molecular weight is 414 g/mol. The van der Waals surface area contributed by atoms with Gasteiger partial charge in [0.2, 0.25) is 0 Å². The van der Waals surface area contributed by atoms with E-state index in [1.165, 1.54) is 11.3 Å².